The number of anilines is 1. The Labute approximate surface area is 186 Å². The quantitative estimate of drug-likeness (QED) is 0.402. The van der Waals surface area contributed by atoms with Crippen LogP contribution in [0.3, 0.4) is 0 Å². The van der Waals surface area contributed by atoms with Crippen molar-refractivity contribution in [2.24, 2.45) is 0 Å². The van der Waals surface area contributed by atoms with Gasteiger partial charge in [0.25, 0.3) is 0 Å². The van der Waals surface area contributed by atoms with Crippen molar-refractivity contribution < 1.29 is 0 Å². The van der Waals surface area contributed by atoms with Gasteiger partial charge in [0.15, 0.2) is 5.11 Å². The van der Waals surface area contributed by atoms with Crippen LogP contribution in [-0.2, 0) is 13.1 Å². The number of nitrogens with zero attached hydrogens (tertiary/aromatic N) is 4. The van der Waals surface area contributed by atoms with Crippen molar-refractivity contribution in [2.45, 2.75) is 40.3 Å². The number of rotatable bonds is 7. The molecule has 2 aromatic heterocycles. The van der Waals surface area contributed by atoms with Crippen LogP contribution in [0, 0.1) is 20.8 Å². The first-order valence-corrected chi connectivity index (χ1v) is 10.5. The van der Waals surface area contributed by atoms with Crippen molar-refractivity contribution in [1.82, 2.24) is 24.9 Å². The molecule has 3 rings (SSSR count). The van der Waals surface area contributed by atoms with E-state index in [4.69, 9.17) is 35.4 Å². The zero-order valence-electron chi connectivity index (χ0n) is 16.7. The maximum absolute atomic E-state index is 6.12. The summed E-state index contributed by atoms with van der Waals surface area (Å²) in [7, 11) is 0. The van der Waals surface area contributed by atoms with E-state index in [9.17, 15) is 0 Å². The first kappa shape index (κ1) is 21.6. The monoisotopic (exact) mass is 450 g/mol. The number of aryl methyl sites for hydroxylation is 3. The van der Waals surface area contributed by atoms with E-state index >= 15 is 0 Å². The van der Waals surface area contributed by atoms with Gasteiger partial charge in [0.1, 0.15) is 0 Å². The van der Waals surface area contributed by atoms with Crippen molar-refractivity contribution in [2.75, 3.05) is 11.9 Å². The fraction of sp³-hybridized carbons (Fsp3) is 0.350. The second-order valence-corrected chi connectivity index (χ2v) is 8.19. The fourth-order valence-electron chi connectivity index (χ4n) is 3.03. The fourth-order valence-corrected chi connectivity index (χ4v) is 3.56. The Hall–Kier alpha value is -2.09. The van der Waals surface area contributed by atoms with Gasteiger partial charge >= 0.3 is 0 Å². The lowest BCUT2D eigenvalue weighted by Gasteiger charge is -2.11. The molecule has 1 aromatic carbocycles. The molecule has 29 heavy (non-hydrogen) atoms. The average Bonchev–Trinajstić information content (AvgIpc) is 3.20. The molecular weight excluding hydrogens is 427 g/mol. The summed E-state index contributed by atoms with van der Waals surface area (Å²) in [5.74, 6) is 0. The highest BCUT2D eigenvalue weighted by Gasteiger charge is 2.13. The van der Waals surface area contributed by atoms with Gasteiger partial charge < -0.3 is 10.6 Å². The molecule has 6 nitrogen and oxygen atoms in total. The molecule has 0 unspecified atom stereocenters. The Bertz CT molecular complexity index is 1010. The number of aromatic nitrogens is 4. The highest BCUT2D eigenvalue weighted by atomic mass is 35.5. The van der Waals surface area contributed by atoms with Gasteiger partial charge in [-0.25, -0.2) is 0 Å². The van der Waals surface area contributed by atoms with Crippen LogP contribution in [-0.4, -0.2) is 31.2 Å². The van der Waals surface area contributed by atoms with Crippen LogP contribution < -0.4 is 10.6 Å². The molecule has 2 heterocycles. The van der Waals surface area contributed by atoms with Crippen LogP contribution in [0.5, 0.6) is 0 Å². The molecule has 0 amide bonds. The van der Waals surface area contributed by atoms with E-state index in [2.05, 4.69) is 20.8 Å². The Balaban J connectivity index is 1.54. The lowest BCUT2D eigenvalue weighted by Crippen LogP contribution is -2.30. The van der Waals surface area contributed by atoms with Crippen LogP contribution in [0.1, 0.15) is 28.9 Å². The molecule has 9 heteroatoms. The molecule has 3 aromatic rings. The summed E-state index contributed by atoms with van der Waals surface area (Å²) in [6.45, 7) is 8.23. The van der Waals surface area contributed by atoms with Crippen LogP contribution in [0.4, 0.5) is 5.69 Å². The zero-order valence-corrected chi connectivity index (χ0v) is 19.0. The predicted octanol–water partition coefficient (Wildman–Crippen LogP) is 4.74. The Morgan fingerprint density at radius 3 is 2.66 bits per heavy atom. The molecule has 0 aliphatic rings. The molecule has 0 atom stereocenters. The average molecular weight is 451 g/mol. The summed E-state index contributed by atoms with van der Waals surface area (Å²) in [6.07, 6.45) is 4.82. The van der Waals surface area contributed by atoms with Crippen LogP contribution in [0.25, 0.3) is 0 Å². The predicted molar refractivity (Wildman–Crippen MR) is 123 cm³/mol. The maximum atomic E-state index is 6.12. The highest BCUT2D eigenvalue weighted by Crippen LogP contribution is 2.25. The first-order valence-electron chi connectivity index (χ1n) is 9.35. The maximum Gasteiger partial charge on any atom is 0.170 e. The van der Waals surface area contributed by atoms with E-state index in [0.717, 1.165) is 42.1 Å². The smallest absolute Gasteiger partial charge is 0.170 e. The van der Waals surface area contributed by atoms with E-state index in [-0.39, 0.29) is 0 Å². The largest absolute Gasteiger partial charge is 0.362 e. The second kappa shape index (κ2) is 9.61. The van der Waals surface area contributed by atoms with E-state index < -0.39 is 0 Å². The molecule has 0 aliphatic carbocycles. The van der Waals surface area contributed by atoms with Gasteiger partial charge in [-0.2, -0.15) is 10.2 Å². The van der Waals surface area contributed by atoms with Crippen molar-refractivity contribution in [1.29, 1.82) is 0 Å². The molecule has 0 radical (unpaired) electrons. The Morgan fingerprint density at radius 1 is 1.17 bits per heavy atom. The molecule has 0 saturated heterocycles. The third kappa shape index (κ3) is 5.72. The number of thiocarbonyl (C=S) groups is 1. The van der Waals surface area contributed by atoms with Crippen molar-refractivity contribution >= 4 is 46.2 Å². The van der Waals surface area contributed by atoms with Crippen LogP contribution >= 0.6 is 35.4 Å². The summed E-state index contributed by atoms with van der Waals surface area (Å²) in [5.41, 5.74) is 5.01. The Kier molecular flexibility index (Phi) is 7.16. The molecule has 0 fully saturated rings. The summed E-state index contributed by atoms with van der Waals surface area (Å²) in [5, 5.41) is 17.1. The van der Waals surface area contributed by atoms with E-state index in [0.29, 0.717) is 21.7 Å². The summed E-state index contributed by atoms with van der Waals surface area (Å²) in [6, 6.07) is 5.61. The number of nitrogens with one attached hydrogen (secondary N) is 2. The van der Waals surface area contributed by atoms with Gasteiger partial charge in [0.2, 0.25) is 0 Å². The van der Waals surface area contributed by atoms with Crippen LogP contribution in [0.15, 0.2) is 30.6 Å². The minimum atomic E-state index is 0.541. The van der Waals surface area contributed by atoms with Gasteiger partial charge in [0.05, 0.1) is 39.9 Å². The van der Waals surface area contributed by atoms with Gasteiger partial charge in [-0.15, -0.1) is 0 Å². The third-order valence-electron chi connectivity index (χ3n) is 4.55. The molecule has 0 saturated carbocycles. The minimum absolute atomic E-state index is 0.541. The van der Waals surface area contributed by atoms with Crippen molar-refractivity contribution in [3.8, 4) is 0 Å². The molecular formula is C20H24Cl2N6S. The van der Waals surface area contributed by atoms with E-state index in [1.54, 1.807) is 6.07 Å². The number of hydrogen-bond acceptors (Lipinski definition) is 3. The lowest BCUT2D eigenvalue weighted by atomic mass is 10.2. The second-order valence-electron chi connectivity index (χ2n) is 6.97. The molecule has 0 bridgehead atoms. The normalized spacial score (nSPS) is 10.9. The van der Waals surface area contributed by atoms with Gasteiger partial charge in [0, 0.05) is 19.3 Å². The van der Waals surface area contributed by atoms with Crippen LogP contribution in [0.2, 0.25) is 10.0 Å². The van der Waals surface area contributed by atoms with Crippen molar-refractivity contribution in [3.05, 3.63) is 63.2 Å². The third-order valence-corrected chi connectivity index (χ3v) is 5.53. The summed E-state index contributed by atoms with van der Waals surface area (Å²) < 4.78 is 3.87. The van der Waals surface area contributed by atoms with Crippen molar-refractivity contribution in [3.63, 3.8) is 0 Å². The standard InChI is InChI=1S/C20H24Cl2N6S/c1-13-10-24-27(11-13)8-4-7-23-20(29)25-19-14(2)26-28(15(19)3)12-16-5-6-17(21)18(22)9-16/h5-6,9-11H,4,7-8,12H2,1-3H3,(H2,23,25,29). The summed E-state index contributed by atoms with van der Waals surface area (Å²) >= 11 is 17.6. The summed E-state index contributed by atoms with van der Waals surface area (Å²) in [4.78, 5) is 0. The van der Waals surface area contributed by atoms with Gasteiger partial charge in [-0.05, 0) is 62.7 Å². The number of benzene rings is 1. The van der Waals surface area contributed by atoms with E-state index in [1.165, 1.54) is 5.56 Å². The Morgan fingerprint density at radius 2 is 1.97 bits per heavy atom. The topological polar surface area (TPSA) is 59.7 Å². The molecule has 0 aliphatic heterocycles. The highest BCUT2D eigenvalue weighted by molar-refractivity contribution is 7.80. The molecule has 0 spiro atoms. The molecule has 2 N–H and O–H groups in total. The minimum Gasteiger partial charge on any atom is -0.362 e. The van der Waals surface area contributed by atoms with Gasteiger partial charge in [-0.1, -0.05) is 29.3 Å². The van der Waals surface area contributed by atoms with E-state index in [1.807, 2.05) is 54.7 Å². The molecule has 154 valence electrons. The SMILES string of the molecule is Cc1cnn(CCCNC(=S)Nc2c(C)nn(Cc3ccc(Cl)c(Cl)c3)c2C)c1. The first-order chi connectivity index (χ1) is 13.8. The zero-order chi connectivity index (χ0) is 21.0. The number of halogens is 2. The lowest BCUT2D eigenvalue weighted by molar-refractivity contribution is 0.573. The number of hydrogen-bond donors (Lipinski definition) is 2. The van der Waals surface area contributed by atoms with Gasteiger partial charge in [-0.3, -0.25) is 9.36 Å².